The molecule has 1 aromatic heterocycles. The van der Waals surface area contributed by atoms with E-state index >= 15 is 0 Å². The van der Waals surface area contributed by atoms with E-state index in [9.17, 15) is 14.4 Å². The fourth-order valence-electron chi connectivity index (χ4n) is 5.89. The Kier molecular flexibility index (Phi) is 13.0. The predicted octanol–water partition coefficient (Wildman–Crippen LogP) is 3.11. The van der Waals surface area contributed by atoms with E-state index in [0.717, 1.165) is 37.9 Å². The molecule has 1 aliphatic rings. The number of likely N-dealkylation sites (tertiary alicyclic amines) is 1. The zero-order valence-corrected chi connectivity index (χ0v) is 25.7. The normalized spacial score (nSPS) is 15.7. The monoisotopic (exact) mass is 598 g/mol. The van der Waals surface area contributed by atoms with Gasteiger partial charge in [-0.05, 0) is 75.5 Å². The Morgan fingerprint density at radius 3 is 2.25 bits per heavy atom. The van der Waals surface area contributed by atoms with E-state index in [0.29, 0.717) is 25.4 Å². The standard InChI is InChI=1S/C35H46N6O3/c1-40-23-10-16-30(40)17-18-32(36)35(44)41(24-20-29-15-8-9-21-38-29)26-34(43)39-33(42)25-37-22-19-31(27-11-4-2-5-12-27)28-13-6-3-7-14-28/h2-9,11-15,21,30-32,37H,10,16-20,22-26,36H2,1H3,(H,39,42,43)/t30-,32+/m1/s1. The van der Waals surface area contributed by atoms with Crippen molar-refractivity contribution >= 4 is 17.7 Å². The smallest absolute Gasteiger partial charge is 0.246 e. The first-order valence-electron chi connectivity index (χ1n) is 15.7. The second-order valence-corrected chi connectivity index (χ2v) is 11.6. The van der Waals surface area contributed by atoms with Crippen molar-refractivity contribution in [3.8, 4) is 0 Å². The van der Waals surface area contributed by atoms with Crippen molar-refractivity contribution in [1.82, 2.24) is 25.4 Å². The van der Waals surface area contributed by atoms with Gasteiger partial charge in [-0.2, -0.15) is 0 Å². The number of pyridine rings is 1. The molecule has 0 aliphatic carbocycles. The van der Waals surface area contributed by atoms with Crippen LogP contribution in [0.25, 0.3) is 0 Å². The Balaban J connectivity index is 1.27. The molecular weight excluding hydrogens is 552 g/mol. The Hall–Kier alpha value is -3.92. The summed E-state index contributed by atoms with van der Waals surface area (Å²) >= 11 is 0. The minimum absolute atomic E-state index is 0.00165. The summed E-state index contributed by atoms with van der Waals surface area (Å²) in [6, 6.07) is 25.9. The van der Waals surface area contributed by atoms with E-state index in [1.807, 2.05) is 54.6 Å². The predicted molar refractivity (Wildman–Crippen MR) is 173 cm³/mol. The highest BCUT2D eigenvalue weighted by Gasteiger charge is 2.27. The molecule has 4 N–H and O–H groups in total. The average molecular weight is 599 g/mol. The maximum Gasteiger partial charge on any atom is 0.246 e. The highest BCUT2D eigenvalue weighted by atomic mass is 16.2. The maximum absolute atomic E-state index is 13.4. The second kappa shape index (κ2) is 17.4. The van der Waals surface area contributed by atoms with Crippen molar-refractivity contribution in [2.45, 2.75) is 56.5 Å². The average Bonchev–Trinajstić information content (AvgIpc) is 3.47. The van der Waals surface area contributed by atoms with E-state index in [-0.39, 0.29) is 31.5 Å². The summed E-state index contributed by atoms with van der Waals surface area (Å²) in [7, 11) is 2.10. The van der Waals surface area contributed by atoms with Gasteiger partial charge in [-0.1, -0.05) is 66.7 Å². The number of carbonyl (C=O) groups is 3. The minimum atomic E-state index is -0.708. The molecule has 44 heavy (non-hydrogen) atoms. The van der Waals surface area contributed by atoms with Gasteiger partial charge in [-0.25, -0.2) is 0 Å². The van der Waals surface area contributed by atoms with Gasteiger partial charge < -0.3 is 20.9 Å². The number of hydrogen-bond donors (Lipinski definition) is 3. The van der Waals surface area contributed by atoms with Crippen molar-refractivity contribution in [2.75, 3.05) is 39.8 Å². The van der Waals surface area contributed by atoms with Crippen LogP contribution in [0.5, 0.6) is 0 Å². The summed E-state index contributed by atoms with van der Waals surface area (Å²) in [5.74, 6) is -1.06. The van der Waals surface area contributed by atoms with Crippen molar-refractivity contribution < 1.29 is 14.4 Å². The summed E-state index contributed by atoms with van der Waals surface area (Å²) in [5.41, 5.74) is 9.58. The highest BCUT2D eigenvalue weighted by molar-refractivity contribution is 5.98. The lowest BCUT2D eigenvalue weighted by Crippen LogP contribution is -2.50. The van der Waals surface area contributed by atoms with Gasteiger partial charge >= 0.3 is 0 Å². The number of hydrogen-bond acceptors (Lipinski definition) is 7. The molecule has 9 heteroatoms. The van der Waals surface area contributed by atoms with Crippen LogP contribution >= 0.6 is 0 Å². The molecule has 4 rings (SSSR count). The molecule has 2 heterocycles. The van der Waals surface area contributed by atoms with E-state index in [1.54, 1.807) is 6.20 Å². The van der Waals surface area contributed by atoms with E-state index in [4.69, 9.17) is 5.73 Å². The molecule has 234 valence electrons. The first kappa shape index (κ1) is 33.0. The Morgan fingerprint density at radius 2 is 1.64 bits per heavy atom. The lowest BCUT2D eigenvalue weighted by Gasteiger charge is -2.26. The molecule has 0 radical (unpaired) electrons. The van der Waals surface area contributed by atoms with E-state index in [2.05, 4.69) is 51.8 Å². The number of nitrogens with zero attached hydrogens (tertiary/aromatic N) is 3. The Labute approximate surface area is 261 Å². The van der Waals surface area contributed by atoms with Gasteiger partial charge in [0.2, 0.25) is 17.7 Å². The van der Waals surface area contributed by atoms with Crippen LogP contribution in [0.1, 0.15) is 54.8 Å². The molecule has 1 aliphatic heterocycles. The van der Waals surface area contributed by atoms with Crippen molar-refractivity contribution in [3.63, 3.8) is 0 Å². The third-order valence-electron chi connectivity index (χ3n) is 8.39. The van der Waals surface area contributed by atoms with Crippen LogP contribution in [0.3, 0.4) is 0 Å². The number of aromatic nitrogens is 1. The van der Waals surface area contributed by atoms with Gasteiger partial charge in [0.1, 0.15) is 0 Å². The maximum atomic E-state index is 13.4. The molecule has 2 aromatic carbocycles. The number of imide groups is 1. The van der Waals surface area contributed by atoms with Crippen LogP contribution < -0.4 is 16.4 Å². The second-order valence-electron chi connectivity index (χ2n) is 11.6. The summed E-state index contributed by atoms with van der Waals surface area (Å²) in [4.78, 5) is 47.0. The first-order chi connectivity index (χ1) is 21.4. The third-order valence-corrected chi connectivity index (χ3v) is 8.39. The Morgan fingerprint density at radius 1 is 0.955 bits per heavy atom. The number of nitrogens with one attached hydrogen (secondary N) is 2. The highest BCUT2D eigenvalue weighted by Crippen LogP contribution is 2.27. The van der Waals surface area contributed by atoms with Crippen LogP contribution in [-0.2, 0) is 20.8 Å². The minimum Gasteiger partial charge on any atom is -0.332 e. The van der Waals surface area contributed by atoms with Gasteiger partial charge in [0.05, 0.1) is 19.1 Å². The number of carbonyl (C=O) groups excluding carboxylic acids is 3. The number of nitrogens with two attached hydrogens (primary N) is 1. The number of benzene rings is 2. The van der Waals surface area contributed by atoms with Gasteiger partial charge in [-0.3, -0.25) is 24.7 Å². The van der Waals surface area contributed by atoms with Crippen LogP contribution in [0.4, 0.5) is 0 Å². The molecule has 0 saturated carbocycles. The molecule has 3 amide bonds. The molecule has 9 nitrogen and oxygen atoms in total. The molecule has 1 fully saturated rings. The van der Waals surface area contributed by atoms with Crippen LogP contribution in [0.15, 0.2) is 85.1 Å². The van der Waals surface area contributed by atoms with Crippen LogP contribution in [0, 0.1) is 0 Å². The molecule has 0 unspecified atom stereocenters. The zero-order chi connectivity index (χ0) is 31.1. The third kappa shape index (κ3) is 10.4. The quantitative estimate of drug-likeness (QED) is 0.217. The van der Waals surface area contributed by atoms with Crippen molar-refractivity contribution in [1.29, 1.82) is 0 Å². The lowest BCUT2D eigenvalue weighted by molar-refractivity contribution is -0.139. The number of amides is 3. The molecular formula is C35H46N6O3. The molecule has 2 atom stereocenters. The van der Waals surface area contributed by atoms with Gasteiger partial charge in [0.25, 0.3) is 0 Å². The van der Waals surface area contributed by atoms with Gasteiger partial charge in [0, 0.05) is 36.8 Å². The Bertz CT molecular complexity index is 1270. The van der Waals surface area contributed by atoms with E-state index < -0.39 is 17.9 Å². The zero-order valence-electron chi connectivity index (χ0n) is 25.7. The van der Waals surface area contributed by atoms with Gasteiger partial charge in [0.15, 0.2) is 0 Å². The van der Waals surface area contributed by atoms with Gasteiger partial charge in [-0.15, -0.1) is 0 Å². The topological polar surface area (TPSA) is 121 Å². The summed E-state index contributed by atoms with van der Waals surface area (Å²) in [6.07, 6.45) is 6.63. The lowest BCUT2D eigenvalue weighted by atomic mass is 9.88. The first-order valence-corrected chi connectivity index (χ1v) is 15.7. The SMILES string of the molecule is CN1CCC[C@@H]1CC[C@H](N)C(=O)N(CCc1ccccn1)CC(=O)NC(=O)CNCCC(c1ccccc1)c1ccccc1. The molecule has 1 saturated heterocycles. The number of rotatable bonds is 16. The molecule has 0 spiro atoms. The summed E-state index contributed by atoms with van der Waals surface area (Å²) in [6.45, 7) is 1.70. The summed E-state index contributed by atoms with van der Waals surface area (Å²) in [5, 5.41) is 5.61. The van der Waals surface area contributed by atoms with Crippen molar-refractivity contribution in [2.24, 2.45) is 5.73 Å². The summed E-state index contributed by atoms with van der Waals surface area (Å²) < 4.78 is 0. The largest absolute Gasteiger partial charge is 0.332 e. The van der Waals surface area contributed by atoms with E-state index in [1.165, 1.54) is 16.0 Å². The fourth-order valence-corrected chi connectivity index (χ4v) is 5.89. The molecule has 0 bridgehead atoms. The van der Waals surface area contributed by atoms with Crippen LogP contribution in [-0.4, -0.2) is 84.4 Å². The van der Waals surface area contributed by atoms with Crippen LogP contribution in [0.2, 0.25) is 0 Å². The molecule has 3 aromatic rings. The fraction of sp³-hybridized carbons (Fsp3) is 0.429. The van der Waals surface area contributed by atoms with Crippen molar-refractivity contribution in [3.05, 3.63) is 102 Å².